The molecule has 142 valence electrons. The SMILES string of the molecule is CC(C)c1nc(SCC(=O)NCc2cccs2)c2c3c(sc2n1)CCCC3. The summed E-state index contributed by atoms with van der Waals surface area (Å²) >= 11 is 5.04. The summed E-state index contributed by atoms with van der Waals surface area (Å²) in [5.41, 5.74) is 1.43. The Morgan fingerprint density at radius 2 is 2.15 bits per heavy atom. The summed E-state index contributed by atoms with van der Waals surface area (Å²) in [6.07, 6.45) is 4.75. The molecule has 0 saturated heterocycles. The van der Waals surface area contributed by atoms with Crippen molar-refractivity contribution < 1.29 is 4.79 Å². The first-order chi connectivity index (χ1) is 13.1. The monoisotopic (exact) mass is 417 g/mol. The van der Waals surface area contributed by atoms with E-state index in [1.54, 1.807) is 23.1 Å². The van der Waals surface area contributed by atoms with Crippen LogP contribution in [0.25, 0.3) is 10.2 Å². The minimum atomic E-state index is 0.0513. The standard InChI is InChI=1S/C20H23N3OS3/c1-12(2)18-22-19(26-11-16(24)21-10-13-6-5-9-25-13)17-14-7-3-4-8-15(14)27-20(17)23-18/h5-6,9,12H,3-4,7-8,10-11H2,1-2H3,(H,21,24). The molecule has 1 aliphatic rings. The lowest BCUT2D eigenvalue weighted by Crippen LogP contribution is -2.24. The predicted molar refractivity (Wildman–Crippen MR) is 115 cm³/mol. The van der Waals surface area contributed by atoms with Crippen LogP contribution in [-0.4, -0.2) is 21.6 Å². The number of nitrogens with zero attached hydrogens (tertiary/aromatic N) is 2. The third-order valence-corrected chi connectivity index (χ3v) is 7.73. The molecule has 0 unspecified atom stereocenters. The van der Waals surface area contributed by atoms with Crippen LogP contribution in [0.5, 0.6) is 0 Å². The number of hydrogen-bond donors (Lipinski definition) is 1. The van der Waals surface area contributed by atoms with Crippen LogP contribution in [0.3, 0.4) is 0 Å². The van der Waals surface area contributed by atoms with Crippen LogP contribution >= 0.6 is 34.4 Å². The van der Waals surface area contributed by atoms with E-state index in [0.29, 0.717) is 12.3 Å². The van der Waals surface area contributed by atoms with Crippen LogP contribution < -0.4 is 5.32 Å². The zero-order valence-electron chi connectivity index (χ0n) is 15.6. The van der Waals surface area contributed by atoms with Gasteiger partial charge in [-0.1, -0.05) is 31.7 Å². The Balaban J connectivity index is 1.55. The normalized spacial score (nSPS) is 13.9. The largest absolute Gasteiger partial charge is 0.350 e. The first-order valence-electron chi connectivity index (χ1n) is 9.36. The Hall–Kier alpha value is -1.44. The molecule has 0 spiro atoms. The fourth-order valence-corrected chi connectivity index (χ4v) is 6.16. The Kier molecular flexibility index (Phi) is 5.80. The molecule has 3 heterocycles. The predicted octanol–water partition coefficient (Wildman–Crippen LogP) is 5.16. The summed E-state index contributed by atoms with van der Waals surface area (Å²) in [7, 11) is 0. The Morgan fingerprint density at radius 1 is 1.30 bits per heavy atom. The van der Waals surface area contributed by atoms with Crippen molar-refractivity contribution in [3.63, 3.8) is 0 Å². The van der Waals surface area contributed by atoms with E-state index >= 15 is 0 Å². The molecule has 0 aliphatic heterocycles. The average Bonchev–Trinajstić information content (AvgIpc) is 3.31. The van der Waals surface area contributed by atoms with Crippen LogP contribution in [0.2, 0.25) is 0 Å². The van der Waals surface area contributed by atoms with Crippen LogP contribution in [0.15, 0.2) is 22.5 Å². The summed E-state index contributed by atoms with van der Waals surface area (Å²) < 4.78 is 0. The molecule has 3 aromatic heterocycles. The van der Waals surface area contributed by atoms with E-state index in [2.05, 4.69) is 19.2 Å². The van der Waals surface area contributed by atoms with Gasteiger partial charge in [0.25, 0.3) is 0 Å². The van der Waals surface area contributed by atoms with Crippen molar-refractivity contribution in [3.8, 4) is 0 Å². The fourth-order valence-electron chi connectivity index (χ4n) is 3.29. The van der Waals surface area contributed by atoms with E-state index in [9.17, 15) is 4.79 Å². The molecule has 1 aliphatic carbocycles. The number of hydrogen-bond acceptors (Lipinski definition) is 6. The van der Waals surface area contributed by atoms with Gasteiger partial charge in [0.2, 0.25) is 5.91 Å². The maximum absolute atomic E-state index is 12.3. The summed E-state index contributed by atoms with van der Waals surface area (Å²) in [4.78, 5) is 25.7. The molecule has 0 fully saturated rings. The van der Waals surface area contributed by atoms with Crippen LogP contribution in [0.1, 0.15) is 53.7 Å². The van der Waals surface area contributed by atoms with Gasteiger partial charge in [-0.15, -0.1) is 22.7 Å². The van der Waals surface area contributed by atoms with Gasteiger partial charge in [0.05, 0.1) is 12.3 Å². The van der Waals surface area contributed by atoms with Gasteiger partial charge in [-0.25, -0.2) is 9.97 Å². The molecule has 7 heteroatoms. The molecule has 0 bridgehead atoms. The van der Waals surface area contributed by atoms with Gasteiger partial charge >= 0.3 is 0 Å². The van der Waals surface area contributed by atoms with Gasteiger partial charge in [0.1, 0.15) is 15.7 Å². The fraction of sp³-hybridized carbons (Fsp3) is 0.450. The summed E-state index contributed by atoms with van der Waals surface area (Å²) in [5.74, 6) is 1.60. The van der Waals surface area contributed by atoms with Gasteiger partial charge in [0, 0.05) is 21.1 Å². The maximum atomic E-state index is 12.3. The maximum Gasteiger partial charge on any atom is 0.230 e. The van der Waals surface area contributed by atoms with Crippen molar-refractivity contribution in [2.24, 2.45) is 0 Å². The minimum Gasteiger partial charge on any atom is -0.350 e. The van der Waals surface area contributed by atoms with Crippen molar-refractivity contribution >= 4 is 50.6 Å². The number of amides is 1. The Bertz CT molecular complexity index is 947. The molecule has 4 nitrogen and oxygen atoms in total. The number of fused-ring (bicyclic) bond motifs is 3. The molecule has 0 saturated carbocycles. The van der Waals surface area contributed by atoms with E-state index in [1.807, 2.05) is 28.8 Å². The van der Waals surface area contributed by atoms with Crippen molar-refractivity contribution in [2.45, 2.75) is 57.0 Å². The second kappa shape index (κ2) is 8.29. The zero-order chi connectivity index (χ0) is 18.8. The highest BCUT2D eigenvalue weighted by Gasteiger charge is 2.22. The van der Waals surface area contributed by atoms with Gasteiger partial charge in [-0.05, 0) is 42.7 Å². The first kappa shape index (κ1) is 18.9. The lowest BCUT2D eigenvalue weighted by Gasteiger charge is -2.12. The van der Waals surface area contributed by atoms with Crippen LogP contribution in [-0.2, 0) is 24.2 Å². The third-order valence-electron chi connectivity index (χ3n) is 4.70. The highest BCUT2D eigenvalue weighted by Crippen LogP contribution is 2.40. The molecule has 0 aromatic carbocycles. The summed E-state index contributed by atoms with van der Waals surface area (Å²) in [5, 5.41) is 7.22. The summed E-state index contributed by atoms with van der Waals surface area (Å²) in [6, 6.07) is 4.05. The molecule has 4 rings (SSSR count). The van der Waals surface area contributed by atoms with Gasteiger partial charge in [-0.3, -0.25) is 4.79 Å². The second-order valence-electron chi connectivity index (χ2n) is 7.08. The number of thioether (sulfide) groups is 1. The third kappa shape index (κ3) is 4.20. The van der Waals surface area contributed by atoms with Crippen molar-refractivity contribution in [1.29, 1.82) is 0 Å². The number of rotatable bonds is 6. The zero-order valence-corrected chi connectivity index (χ0v) is 18.0. The van der Waals surface area contributed by atoms with E-state index in [4.69, 9.17) is 9.97 Å². The first-order valence-corrected chi connectivity index (χ1v) is 12.0. The minimum absolute atomic E-state index is 0.0513. The lowest BCUT2D eigenvalue weighted by molar-refractivity contribution is -0.118. The number of carbonyl (C=O) groups is 1. The number of carbonyl (C=O) groups excluding carboxylic acids is 1. The van der Waals surface area contributed by atoms with Crippen molar-refractivity contribution in [2.75, 3.05) is 5.75 Å². The highest BCUT2D eigenvalue weighted by atomic mass is 32.2. The highest BCUT2D eigenvalue weighted by molar-refractivity contribution is 8.00. The molecule has 0 atom stereocenters. The van der Waals surface area contributed by atoms with Gasteiger partial charge < -0.3 is 5.32 Å². The van der Waals surface area contributed by atoms with E-state index in [-0.39, 0.29) is 11.8 Å². The average molecular weight is 418 g/mol. The summed E-state index contributed by atoms with van der Waals surface area (Å²) in [6.45, 7) is 4.84. The Morgan fingerprint density at radius 3 is 2.93 bits per heavy atom. The van der Waals surface area contributed by atoms with Gasteiger partial charge in [-0.2, -0.15) is 0 Å². The second-order valence-corrected chi connectivity index (χ2v) is 10.2. The quantitative estimate of drug-likeness (QED) is 0.444. The topological polar surface area (TPSA) is 54.9 Å². The van der Waals surface area contributed by atoms with E-state index in [0.717, 1.165) is 28.5 Å². The van der Waals surface area contributed by atoms with Crippen molar-refractivity contribution in [1.82, 2.24) is 15.3 Å². The number of nitrogens with one attached hydrogen (secondary N) is 1. The number of thiophene rings is 2. The molecule has 3 aromatic rings. The van der Waals surface area contributed by atoms with Crippen LogP contribution in [0.4, 0.5) is 0 Å². The number of aromatic nitrogens is 2. The van der Waals surface area contributed by atoms with E-state index in [1.165, 1.54) is 33.5 Å². The Labute approximate surface area is 171 Å². The molecule has 0 radical (unpaired) electrons. The molecular formula is C20H23N3OS3. The number of aryl methyl sites for hydroxylation is 2. The van der Waals surface area contributed by atoms with Crippen molar-refractivity contribution in [3.05, 3.63) is 38.7 Å². The molecule has 1 amide bonds. The lowest BCUT2D eigenvalue weighted by atomic mass is 9.97. The van der Waals surface area contributed by atoms with Crippen LogP contribution in [0, 0.1) is 0 Å². The van der Waals surface area contributed by atoms with E-state index < -0.39 is 0 Å². The van der Waals surface area contributed by atoms with Gasteiger partial charge in [0.15, 0.2) is 0 Å². The smallest absolute Gasteiger partial charge is 0.230 e. The molecular weight excluding hydrogens is 394 g/mol. The molecule has 27 heavy (non-hydrogen) atoms. The molecule has 1 N–H and O–H groups in total.